The van der Waals surface area contributed by atoms with Crippen molar-refractivity contribution in [2.75, 3.05) is 36.5 Å². The number of anilines is 2. The van der Waals surface area contributed by atoms with Gasteiger partial charge in [0, 0.05) is 37.1 Å². The van der Waals surface area contributed by atoms with Crippen LogP contribution in [0.25, 0.3) is 0 Å². The second-order valence-corrected chi connectivity index (χ2v) is 5.58. The van der Waals surface area contributed by atoms with Crippen molar-refractivity contribution in [3.63, 3.8) is 0 Å². The van der Waals surface area contributed by atoms with E-state index >= 15 is 0 Å². The first kappa shape index (κ1) is 16.7. The molecule has 1 aromatic carbocycles. The lowest BCUT2D eigenvalue weighted by molar-refractivity contribution is 0.122. The van der Waals surface area contributed by atoms with Gasteiger partial charge in [-0.3, -0.25) is 0 Å². The summed E-state index contributed by atoms with van der Waals surface area (Å²) < 4.78 is 5.37. The molecule has 1 aliphatic heterocycles. The van der Waals surface area contributed by atoms with E-state index in [9.17, 15) is 4.79 Å². The van der Waals surface area contributed by atoms with Crippen molar-refractivity contribution in [1.82, 2.24) is 10.3 Å². The van der Waals surface area contributed by atoms with Crippen LogP contribution in [0.2, 0.25) is 0 Å². The SMILES string of the molecule is N#Cc1ccc(NC(=O)NCc2cccnc2N2CCOCC2)cc1. The van der Waals surface area contributed by atoms with E-state index in [1.807, 2.05) is 18.2 Å². The van der Waals surface area contributed by atoms with Crippen LogP contribution >= 0.6 is 0 Å². The molecule has 1 fully saturated rings. The number of rotatable bonds is 4. The Morgan fingerprint density at radius 2 is 2.00 bits per heavy atom. The van der Waals surface area contributed by atoms with Crippen molar-refractivity contribution in [3.05, 3.63) is 53.7 Å². The van der Waals surface area contributed by atoms with Gasteiger partial charge in [0.1, 0.15) is 5.82 Å². The highest BCUT2D eigenvalue weighted by Crippen LogP contribution is 2.18. The lowest BCUT2D eigenvalue weighted by Gasteiger charge is -2.29. The molecule has 0 aliphatic carbocycles. The smallest absolute Gasteiger partial charge is 0.319 e. The topological polar surface area (TPSA) is 90.3 Å². The maximum atomic E-state index is 12.1. The summed E-state index contributed by atoms with van der Waals surface area (Å²) in [7, 11) is 0. The van der Waals surface area contributed by atoms with Crippen LogP contribution in [0.3, 0.4) is 0 Å². The van der Waals surface area contributed by atoms with Crippen molar-refractivity contribution in [1.29, 1.82) is 5.26 Å². The van der Waals surface area contributed by atoms with E-state index in [0.29, 0.717) is 31.0 Å². The van der Waals surface area contributed by atoms with Gasteiger partial charge in [0.2, 0.25) is 0 Å². The van der Waals surface area contributed by atoms with Gasteiger partial charge in [-0.2, -0.15) is 5.26 Å². The molecule has 2 amide bonds. The van der Waals surface area contributed by atoms with E-state index in [2.05, 4.69) is 20.5 Å². The maximum Gasteiger partial charge on any atom is 0.319 e. The van der Waals surface area contributed by atoms with E-state index < -0.39 is 0 Å². The molecule has 0 unspecified atom stereocenters. The van der Waals surface area contributed by atoms with E-state index in [1.54, 1.807) is 30.5 Å². The predicted molar refractivity (Wildman–Crippen MR) is 94.3 cm³/mol. The third-order valence-corrected chi connectivity index (χ3v) is 3.89. The van der Waals surface area contributed by atoms with Crippen LogP contribution in [0.15, 0.2) is 42.6 Å². The molecule has 25 heavy (non-hydrogen) atoms. The number of benzene rings is 1. The summed E-state index contributed by atoms with van der Waals surface area (Å²) in [5.74, 6) is 0.879. The van der Waals surface area contributed by atoms with Crippen molar-refractivity contribution in [2.24, 2.45) is 0 Å². The largest absolute Gasteiger partial charge is 0.378 e. The number of nitrogens with zero attached hydrogens (tertiary/aromatic N) is 3. The first-order valence-corrected chi connectivity index (χ1v) is 8.08. The van der Waals surface area contributed by atoms with Crippen LogP contribution < -0.4 is 15.5 Å². The molecule has 2 aromatic rings. The third-order valence-electron chi connectivity index (χ3n) is 3.89. The molecular formula is C18H19N5O2. The zero-order valence-electron chi connectivity index (χ0n) is 13.7. The second-order valence-electron chi connectivity index (χ2n) is 5.58. The predicted octanol–water partition coefficient (Wildman–Crippen LogP) is 2.11. The summed E-state index contributed by atoms with van der Waals surface area (Å²) in [6, 6.07) is 12.3. The molecule has 0 bridgehead atoms. The third kappa shape index (κ3) is 4.46. The average molecular weight is 337 g/mol. The van der Waals surface area contributed by atoms with Crippen LogP contribution in [0, 0.1) is 11.3 Å². The molecule has 0 radical (unpaired) electrons. The number of amides is 2. The minimum absolute atomic E-state index is 0.304. The number of carbonyl (C=O) groups is 1. The molecule has 7 heteroatoms. The summed E-state index contributed by atoms with van der Waals surface area (Å²) in [6.07, 6.45) is 1.76. The first-order valence-electron chi connectivity index (χ1n) is 8.08. The fourth-order valence-electron chi connectivity index (χ4n) is 2.61. The minimum atomic E-state index is -0.304. The van der Waals surface area contributed by atoms with Crippen LogP contribution in [0.4, 0.5) is 16.3 Å². The fraction of sp³-hybridized carbons (Fsp3) is 0.278. The Kier molecular flexibility index (Phi) is 5.44. The highest BCUT2D eigenvalue weighted by atomic mass is 16.5. The molecule has 0 atom stereocenters. The quantitative estimate of drug-likeness (QED) is 0.892. The Labute approximate surface area is 146 Å². The van der Waals surface area contributed by atoms with Crippen molar-refractivity contribution >= 4 is 17.5 Å². The molecule has 0 saturated carbocycles. The number of ether oxygens (including phenoxy) is 1. The van der Waals surface area contributed by atoms with Gasteiger partial charge in [0.15, 0.2) is 0 Å². The molecule has 2 heterocycles. The first-order chi connectivity index (χ1) is 12.3. The molecular weight excluding hydrogens is 318 g/mol. The number of pyridine rings is 1. The van der Waals surface area contributed by atoms with Gasteiger partial charge in [-0.25, -0.2) is 9.78 Å². The van der Waals surface area contributed by atoms with Gasteiger partial charge in [-0.15, -0.1) is 0 Å². The molecule has 7 nitrogen and oxygen atoms in total. The second kappa shape index (κ2) is 8.13. The highest BCUT2D eigenvalue weighted by molar-refractivity contribution is 5.89. The number of hydrogen-bond acceptors (Lipinski definition) is 5. The standard InChI is InChI=1S/C18H19N5O2/c19-12-14-3-5-16(6-4-14)22-18(24)21-13-15-2-1-7-20-17(15)23-8-10-25-11-9-23/h1-7H,8-11,13H2,(H2,21,22,24). The number of hydrogen-bond donors (Lipinski definition) is 2. The highest BCUT2D eigenvalue weighted by Gasteiger charge is 2.16. The van der Waals surface area contributed by atoms with E-state index in [0.717, 1.165) is 24.5 Å². The zero-order chi connectivity index (χ0) is 17.5. The number of aromatic nitrogens is 1. The summed E-state index contributed by atoms with van der Waals surface area (Å²) in [5.41, 5.74) is 2.15. The molecule has 1 aliphatic rings. The number of nitriles is 1. The fourth-order valence-corrected chi connectivity index (χ4v) is 2.61. The van der Waals surface area contributed by atoms with E-state index in [1.165, 1.54) is 0 Å². The lowest BCUT2D eigenvalue weighted by Crippen LogP contribution is -2.38. The molecule has 0 spiro atoms. The monoisotopic (exact) mass is 337 g/mol. The van der Waals surface area contributed by atoms with Crippen LogP contribution in [0.1, 0.15) is 11.1 Å². The van der Waals surface area contributed by atoms with Crippen molar-refractivity contribution in [3.8, 4) is 6.07 Å². The molecule has 3 rings (SSSR count). The minimum Gasteiger partial charge on any atom is -0.378 e. The zero-order valence-corrected chi connectivity index (χ0v) is 13.7. The molecule has 2 N–H and O–H groups in total. The summed E-state index contributed by atoms with van der Waals surface area (Å²) in [4.78, 5) is 18.7. The van der Waals surface area contributed by atoms with Crippen LogP contribution in [-0.4, -0.2) is 37.3 Å². The Morgan fingerprint density at radius 3 is 2.72 bits per heavy atom. The van der Waals surface area contributed by atoms with Crippen LogP contribution in [-0.2, 0) is 11.3 Å². The van der Waals surface area contributed by atoms with E-state index in [4.69, 9.17) is 10.00 Å². The van der Waals surface area contributed by atoms with Gasteiger partial charge in [-0.1, -0.05) is 6.07 Å². The van der Waals surface area contributed by atoms with Crippen molar-refractivity contribution < 1.29 is 9.53 Å². The molecule has 1 saturated heterocycles. The Balaban J connectivity index is 1.59. The van der Waals surface area contributed by atoms with E-state index in [-0.39, 0.29) is 6.03 Å². The Hall–Kier alpha value is -3.11. The van der Waals surface area contributed by atoms with Gasteiger partial charge >= 0.3 is 6.03 Å². The lowest BCUT2D eigenvalue weighted by atomic mass is 10.2. The average Bonchev–Trinajstić information content (AvgIpc) is 2.68. The van der Waals surface area contributed by atoms with Gasteiger partial charge in [-0.05, 0) is 30.3 Å². The number of carbonyl (C=O) groups excluding carboxylic acids is 1. The Morgan fingerprint density at radius 1 is 1.24 bits per heavy atom. The summed E-state index contributed by atoms with van der Waals surface area (Å²) >= 11 is 0. The number of nitrogens with one attached hydrogen (secondary N) is 2. The normalized spacial score (nSPS) is 13.8. The maximum absolute atomic E-state index is 12.1. The number of morpholine rings is 1. The summed E-state index contributed by atoms with van der Waals surface area (Å²) in [5, 5.41) is 14.4. The Bertz CT molecular complexity index is 764. The summed E-state index contributed by atoms with van der Waals surface area (Å²) in [6.45, 7) is 3.33. The molecule has 1 aromatic heterocycles. The van der Waals surface area contributed by atoms with Gasteiger partial charge < -0.3 is 20.3 Å². The van der Waals surface area contributed by atoms with Crippen LogP contribution in [0.5, 0.6) is 0 Å². The van der Waals surface area contributed by atoms with Crippen molar-refractivity contribution in [2.45, 2.75) is 6.54 Å². The van der Waals surface area contributed by atoms with Gasteiger partial charge in [0.05, 0.1) is 24.8 Å². The van der Waals surface area contributed by atoms with Gasteiger partial charge in [0.25, 0.3) is 0 Å². The number of urea groups is 1. The molecule has 128 valence electrons.